The SMILES string of the molecule is CC(C)CN(CCC#N)S(=O)(=O)c1c(Br)cc(N)cc1Br. The van der Waals surface area contributed by atoms with Crippen molar-refractivity contribution in [1.29, 1.82) is 5.26 Å². The Labute approximate surface area is 142 Å². The number of nitrogens with two attached hydrogens (primary N) is 1. The van der Waals surface area contributed by atoms with E-state index in [0.717, 1.165) is 0 Å². The van der Waals surface area contributed by atoms with Crippen molar-refractivity contribution in [2.45, 2.75) is 25.2 Å². The standard InChI is InChI=1S/C13H17Br2N3O2S/c1-9(2)8-18(5-3-4-16)21(19,20)13-11(14)6-10(17)7-12(13)15/h6-7,9H,3,5,8,17H2,1-2H3. The number of hydrogen-bond donors (Lipinski definition) is 1. The maximum atomic E-state index is 12.8. The van der Waals surface area contributed by atoms with Crippen LogP contribution in [0.25, 0.3) is 0 Å². The molecule has 1 aromatic rings. The molecule has 0 aromatic heterocycles. The highest BCUT2D eigenvalue weighted by molar-refractivity contribution is 9.11. The highest BCUT2D eigenvalue weighted by Crippen LogP contribution is 2.34. The van der Waals surface area contributed by atoms with Gasteiger partial charge in [-0.05, 0) is 49.9 Å². The first-order valence-corrected chi connectivity index (χ1v) is 9.34. The third kappa shape index (κ3) is 4.68. The highest BCUT2D eigenvalue weighted by atomic mass is 79.9. The van der Waals surface area contributed by atoms with Crippen LogP contribution in [-0.2, 0) is 10.0 Å². The summed E-state index contributed by atoms with van der Waals surface area (Å²) < 4.78 is 27.8. The minimum absolute atomic E-state index is 0.135. The second kappa shape index (κ2) is 7.58. The molecule has 0 aliphatic heterocycles. The lowest BCUT2D eigenvalue weighted by Gasteiger charge is -2.24. The van der Waals surface area contributed by atoms with Crippen molar-refractivity contribution < 1.29 is 8.42 Å². The average Bonchev–Trinajstić information content (AvgIpc) is 2.32. The molecule has 21 heavy (non-hydrogen) atoms. The van der Waals surface area contributed by atoms with E-state index in [1.807, 2.05) is 19.9 Å². The van der Waals surface area contributed by atoms with E-state index in [-0.39, 0.29) is 23.8 Å². The summed E-state index contributed by atoms with van der Waals surface area (Å²) in [5, 5.41) is 8.72. The molecule has 0 spiro atoms. The number of sulfonamides is 1. The zero-order chi connectivity index (χ0) is 16.2. The Kier molecular flexibility index (Phi) is 6.66. The first kappa shape index (κ1) is 18.4. The summed E-state index contributed by atoms with van der Waals surface area (Å²) in [4.78, 5) is 0.135. The predicted molar refractivity (Wildman–Crippen MR) is 90.1 cm³/mol. The molecule has 5 nitrogen and oxygen atoms in total. The van der Waals surface area contributed by atoms with Gasteiger partial charge in [-0.1, -0.05) is 13.8 Å². The fraction of sp³-hybridized carbons (Fsp3) is 0.462. The lowest BCUT2D eigenvalue weighted by atomic mass is 10.2. The van der Waals surface area contributed by atoms with Crippen molar-refractivity contribution >= 4 is 47.6 Å². The van der Waals surface area contributed by atoms with E-state index in [1.54, 1.807) is 12.1 Å². The van der Waals surface area contributed by atoms with Crippen molar-refractivity contribution in [2.24, 2.45) is 5.92 Å². The van der Waals surface area contributed by atoms with E-state index in [2.05, 4.69) is 31.9 Å². The fourth-order valence-electron chi connectivity index (χ4n) is 1.85. The Morgan fingerprint density at radius 1 is 1.33 bits per heavy atom. The van der Waals surface area contributed by atoms with Gasteiger partial charge >= 0.3 is 0 Å². The van der Waals surface area contributed by atoms with Crippen LogP contribution in [0.3, 0.4) is 0 Å². The van der Waals surface area contributed by atoms with Gasteiger partial charge in [0.1, 0.15) is 4.90 Å². The molecule has 1 aromatic carbocycles. The van der Waals surface area contributed by atoms with Gasteiger partial charge in [-0.15, -0.1) is 0 Å². The summed E-state index contributed by atoms with van der Waals surface area (Å²) in [6.45, 7) is 4.39. The van der Waals surface area contributed by atoms with Crippen molar-refractivity contribution in [3.05, 3.63) is 21.1 Å². The normalized spacial score (nSPS) is 11.9. The fourth-order valence-corrected chi connectivity index (χ4v) is 5.99. The molecule has 0 fully saturated rings. The number of anilines is 1. The van der Waals surface area contributed by atoms with Crippen molar-refractivity contribution in [1.82, 2.24) is 4.31 Å². The van der Waals surface area contributed by atoms with Gasteiger partial charge in [0.05, 0.1) is 6.07 Å². The largest absolute Gasteiger partial charge is 0.399 e. The zero-order valence-electron chi connectivity index (χ0n) is 11.8. The van der Waals surface area contributed by atoms with Crippen LogP contribution in [0.15, 0.2) is 26.0 Å². The highest BCUT2D eigenvalue weighted by Gasteiger charge is 2.29. The quantitative estimate of drug-likeness (QED) is 0.689. The topological polar surface area (TPSA) is 87.2 Å². The van der Waals surface area contributed by atoms with Crippen LogP contribution in [0.4, 0.5) is 5.69 Å². The Hall–Kier alpha value is -0.620. The van der Waals surface area contributed by atoms with Gasteiger partial charge in [-0.3, -0.25) is 0 Å². The van der Waals surface area contributed by atoms with Crippen LogP contribution in [-0.4, -0.2) is 25.8 Å². The average molecular weight is 439 g/mol. The van der Waals surface area contributed by atoms with Crippen LogP contribution < -0.4 is 5.73 Å². The number of halogens is 2. The molecule has 0 radical (unpaired) electrons. The van der Waals surface area contributed by atoms with E-state index >= 15 is 0 Å². The first-order valence-electron chi connectivity index (χ1n) is 6.31. The van der Waals surface area contributed by atoms with E-state index in [4.69, 9.17) is 11.0 Å². The smallest absolute Gasteiger partial charge is 0.245 e. The molecule has 0 bridgehead atoms. The van der Waals surface area contributed by atoms with Crippen LogP contribution in [0.1, 0.15) is 20.3 Å². The molecule has 0 aliphatic rings. The Bertz CT molecular complexity index is 631. The maximum absolute atomic E-state index is 12.8. The minimum Gasteiger partial charge on any atom is -0.399 e. The van der Waals surface area contributed by atoms with Crippen molar-refractivity contribution in [3.8, 4) is 6.07 Å². The molecule has 2 N–H and O–H groups in total. The molecular formula is C13H17Br2N3O2S. The lowest BCUT2D eigenvalue weighted by Crippen LogP contribution is -2.35. The second-order valence-electron chi connectivity index (χ2n) is 4.98. The molecule has 0 atom stereocenters. The van der Waals surface area contributed by atoms with E-state index < -0.39 is 10.0 Å². The molecule has 0 unspecified atom stereocenters. The van der Waals surface area contributed by atoms with Gasteiger partial charge in [0, 0.05) is 34.1 Å². The summed E-state index contributed by atoms with van der Waals surface area (Å²) in [6, 6.07) is 5.09. The molecule has 0 amide bonds. The van der Waals surface area contributed by atoms with E-state index in [9.17, 15) is 8.42 Å². The van der Waals surface area contributed by atoms with Crippen LogP contribution in [0.2, 0.25) is 0 Å². The monoisotopic (exact) mass is 437 g/mol. The maximum Gasteiger partial charge on any atom is 0.245 e. The summed E-state index contributed by atoms with van der Waals surface area (Å²) in [5.41, 5.74) is 6.16. The third-order valence-electron chi connectivity index (χ3n) is 2.66. The van der Waals surface area contributed by atoms with Gasteiger partial charge in [0.15, 0.2) is 0 Å². The number of nitriles is 1. The molecular weight excluding hydrogens is 422 g/mol. The Morgan fingerprint density at radius 2 is 1.86 bits per heavy atom. The summed E-state index contributed by atoms with van der Waals surface area (Å²) >= 11 is 6.51. The third-order valence-corrected chi connectivity index (χ3v) is 6.40. The van der Waals surface area contributed by atoms with Crippen molar-refractivity contribution in [3.63, 3.8) is 0 Å². The predicted octanol–water partition coefficient (Wildman–Crippen LogP) is 3.35. The van der Waals surface area contributed by atoms with Gasteiger partial charge in [0.25, 0.3) is 0 Å². The Balaban J connectivity index is 3.32. The summed E-state index contributed by atoms with van der Waals surface area (Å²) in [5.74, 6) is 0.157. The number of nitrogen functional groups attached to an aromatic ring is 1. The van der Waals surface area contributed by atoms with E-state index in [1.165, 1.54) is 4.31 Å². The summed E-state index contributed by atoms with van der Waals surface area (Å²) in [7, 11) is -3.71. The molecule has 0 saturated heterocycles. The molecule has 0 saturated carbocycles. The number of rotatable bonds is 6. The van der Waals surface area contributed by atoms with Crippen LogP contribution in [0.5, 0.6) is 0 Å². The molecule has 0 aliphatic carbocycles. The zero-order valence-corrected chi connectivity index (χ0v) is 15.8. The molecule has 1 rings (SSSR count). The summed E-state index contributed by atoms with van der Waals surface area (Å²) in [6.07, 6.45) is 0.149. The van der Waals surface area contributed by atoms with Crippen LogP contribution >= 0.6 is 31.9 Å². The van der Waals surface area contributed by atoms with Crippen LogP contribution in [0, 0.1) is 17.2 Å². The minimum atomic E-state index is -3.71. The Morgan fingerprint density at radius 3 is 2.29 bits per heavy atom. The molecule has 8 heteroatoms. The van der Waals surface area contributed by atoms with Gasteiger partial charge in [-0.2, -0.15) is 9.57 Å². The van der Waals surface area contributed by atoms with E-state index in [0.29, 0.717) is 21.2 Å². The number of hydrogen-bond acceptors (Lipinski definition) is 4. The lowest BCUT2D eigenvalue weighted by molar-refractivity contribution is 0.372. The van der Waals surface area contributed by atoms with Crippen molar-refractivity contribution in [2.75, 3.05) is 18.8 Å². The first-order chi connectivity index (χ1) is 9.70. The number of benzene rings is 1. The molecule has 0 heterocycles. The van der Waals surface area contributed by atoms with Gasteiger partial charge in [-0.25, -0.2) is 8.42 Å². The number of nitrogens with zero attached hydrogens (tertiary/aromatic N) is 2. The molecule has 116 valence electrons. The van der Waals surface area contributed by atoms with Gasteiger partial charge < -0.3 is 5.73 Å². The second-order valence-corrected chi connectivity index (χ2v) is 8.56. The van der Waals surface area contributed by atoms with Gasteiger partial charge in [0.2, 0.25) is 10.0 Å².